The van der Waals surface area contributed by atoms with Crippen molar-refractivity contribution in [1.29, 1.82) is 0 Å². The summed E-state index contributed by atoms with van der Waals surface area (Å²) in [6, 6.07) is 0. The van der Waals surface area contributed by atoms with Gasteiger partial charge in [-0.2, -0.15) is 0 Å². The van der Waals surface area contributed by atoms with Crippen molar-refractivity contribution in [3.8, 4) is 0 Å². The molecule has 6 heteroatoms. The van der Waals surface area contributed by atoms with Crippen LogP contribution in [-0.4, -0.2) is 55.0 Å². The van der Waals surface area contributed by atoms with Gasteiger partial charge in [-0.05, 0) is 38.0 Å². The van der Waals surface area contributed by atoms with Crippen molar-refractivity contribution in [2.45, 2.75) is 70.4 Å². The second kappa shape index (κ2) is 5.88. The third-order valence-electron chi connectivity index (χ3n) is 7.63. The van der Waals surface area contributed by atoms with E-state index in [4.69, 9.17) is 19.2 Å². The number of piperazine rings is 1. The molecule has 0 aromatic carbocycles. The molecule has 142 valence electrons. The highest BCUT2D eigenvalue weighted by Gasteiger charge is 2.69. The van der Waals surface area contributed by atoms with E-state index >= 15 is 0 Å². The molecule has 8 atom stereocenters. The second-order valence-electron chi connectivity index (χ2n) is 9.08. The minimum Gasteiger partial charge on any atom is -0.331 e. The molecule has 1 spiro atoms. The number of nitrogens with zero attached hydrogens (tertiary/aromatic N) is 1. The summed E-state index contributed by atoms with van der Waals surface area (Å²) in [5, 5.41) is 3.44. The van der Waals surface area contributed by atoms with Gasteiger partial charge in [0.2, 0.25) is 5.79 Å². The lowest BCUT2D eigenvalue weighted by Crippen LogP contribution is -2.72. The lowest BCUT2D eigenvalue weighted by Gasteiger charge is -2.61. The number of hydrogen-bond acceptors (Lipinski definition) is 6. The van der Waals surface area contributed by atoms with Gasteiger partial charge in [0, 0.05) is 44.4 Å². The third-order valence-corrected chi connectivity index (χ3v) is 7.63. The standard InChI is InChI=1S/C19H32N2O4/c1-12-4-5-15-13(2)16(21-10-8-20-9-11-21)22-17-19(15)14(12)6-7-18(3,23-17)24-25-19/h12-17,20H,4-11H2,1-3H3/t12-,13-,14+,15+,16-,17-,18-,19-/m1/s1. The van der Waals surface area contributed by atoms with E-state index in [9.17, 15) is 0 Å². The summed E-state index contributed by atoms with van der Waals surface area (Å²) < 4.78 is 13.1. The van der Waals surface area contributed by atoms with Crippen molar-refractivity contribution < 1.29 is 19.2 Å². The molecule has 6 fully saturated rings. The summed E-state index contributed by atoms with van der Waals surface area (Å²) in [6.45, 7) is 10.8. The van der Waals surface area contributed by atoms with Crippen LogP contribution in [0.25, 0.3) is 0 Å². The van der Waals surface area contributed by atoms with Crippen LogP contribution in [-0.2, 0) is 19.2 Å². The molecule has 2 bridgehead atoms. The second-order valence-corrected chi connectivity index (χ2v) is 9.08. The fraction of sp³-hybridized carbons (Fsp3) is 1.00. The van der Waals surface area contributed by atoms with Gasteiger partial charge in [0.15, 0.2) is 11.9 Å². The fourth-order valence-electron chi connectivity index (χ4n) is 6.24. The first-order valence-electron chi connectivity index (χ1n) is 10.2. The van der Waals surface area contributed by atoms with Crippen molar-refractivity contribution in [1.82, 2.24) is 10.2 Å². The van der Waals surface area contributed by atoms with E-state index < -0.39 is 11.4 Å². The summed E-state index contributed by atoms with van der Waals surface area (Å²) in [5.41, 5.74) is -0.433. The molecule has 5 aliphatic heterocycles. The summed E-state index contributed by atoms with van der Waals surface area (Å²) in [5.74, 6) is 1.24. The van der Waals surface area contributed by atoms with Crippen LogP contribution in [0.5, 0.6) is 0 Å². The molecule has 6 nitrogen and oxygen atoms in total. The molecule has 6 aliphatic rings. The van der Waals surface area contributed by atoms with Gasteiger partial charge in [0.05, 0.1) is 0 Å². The Hall–Kier alpha value is -0.240. The normalized spacial score (nSPS) is 56.3. The van der Waals surface area contributed by atoms with Crippen LogP contribution in [0.2, 0.25) is 0 Å². The van der Waals surface area contributed by atoms with Crippen LogP contribution >= 0.6 is 0 Å². The Kier molecular flexibility index (Phi) is 3.97. The van der Waals surface area contributed by atoms with Gasteiger partial charge in [-0.1, -0.05) is 13.8 Å². The summed E-state index contributed by atoms with van der Waals surface area (Å²) >= 11 is 0. The lowest BCUT2D eigenvalue weighted by molar-refractivity contribution is -0.574. The highest BCUT2D eigenvalue weighted by atomic mass is 17.3. The molecule has 0 amide bonds. The molecule has 5 heterocycles. The first-order valence-corrected chi connectivity index (χ1v) is 10.2. The first-order chi connectivity index (χ1) is 12.0. The van der Waals surface area contributed by atoms with Crippen molar-refractivity contribution in [2.75, 3.05) is 26.2 Å². The highest BCUT2D eigenvalue weighted by Crippen LogP contribution is 2.60. The molecular weight excluding hydrogens is 320 g/mol. The van der Waals surface area contributed by atoms with E-state index in [0.29, 0.717) is 23.7 Å². The largest absolute Gasteiger partial charge is 0.331 e. The maximum absolute atomic E-state index is 6.67. The van der Waals surface area contributed by atoms with E-state index in [1.807, 2.05) is 6.92 Å². The van der Waals surface area contributed by atoms with Crippen LogP contribution in [0, 0.1) is 23.7 Å². The number of ether oxygens (including phenoxy) is 2. The molecule has 0 unspecified atom stereocenters. The minimum absolute atomic E-state index is 0.114. The lowest BCUT2D eigenvalue weighted by atomic mass is 9.58. The number of hydrogen-bond donors (Lipinski definition) is 1. The van der Waals surface area contributed by atoms with Crippen molar-refractivity contribution in [3.63, 3.8) is 0 Å². The zero-order valence-corrected chi connectivity index (χ0v) is 15.7. The van der Waals surface area contributed by atoms with Gasteiger partial charge >= 0.3 is 0 Å². The topological polar surface area (TPSA) is 52.2 Å². The SMILES string of the molecule is C[C@H]1[C@H](N2CCNCC2)O[C@@H]2O[C@@]3(C)CC[C@H]4[C@H](C)CC[C@@H]1[C@@]24OO3. The third kappa shape index (κ3) is 2.38. The first kappa shape index (κ1) is 16.9. The molecule has 1 aliphatic carbocycles. The predicted octanol–water partition coefficient (Wildman–Crippen LogP) is 2.10. The Labute approximate surface area is 150 Å². The highest BCUT2D eigenvalue weighted by molar-refractivity contribution is 5.09. The molecule has 0 aromatic heterocycles. The van der Waals surface area contributed by atoms with E-state index in [-0.39, 0.29) is 12.5 Å². The summed E-state index contributed by atoms with van der Waals surface area (Å²) in [7, 11) is 0. The van der Waals surface area contributed by atoms with Gasteiger partial charge in [-0.25, -0.2) is 9.78 Å². The molecule has 1 saturated carbocycles. The van der Waals surface area contributed by atoms with E-state index in [0.717, 1.165) is 39.0 Å². The Morgan fingerprint density at radius 1 is 1.00 bits per heavy atom. The molecule has 0 radical (unpaired) electrons. The number of nitrogens with one attached hydrogen (secondary N) is 1. The minimum atomic E-state index is -0.674. The number of rotatable bonds is 1. The molecule has 1 N–H and O–H groups in total. The van der Waals surface area contributed by atoms with Gasteiger partial charge in [-0.15, -0.1) is 0 Å². The van der Waals surface area contributed by atoms with Gasteiger partial charge in [0.1, 0.15) is 6.23 Å². The molecule has 25 heavy (non-hydrogen) atoms. The predicted molar refractivity (Wildman–Crippen MR) is 91.3 cm³/mol. The van der Waals surface area contributed by atoms with Crippen molar-refractivity contribution in [2.24, 2.45) is 23.7 Å². The summed E-state index contributed by atoms with van der Waals surface area (Å²) in [4.78, 5) is 14.6. The van der Waals surface area contributed by atoms with E-state index in [1.165, 1.54) is 12.8 Å². The molecule has 5 saturated heterocycles. The smallest absolute Gasteiger partial charge is 0.201 e. The Bertz CT molecular complexity index is 528. The van der Waals surface area contributed by atoms with Crippen LogP contribution in [0.4, 0.5) is 0 Å². The maximum atomic E-state index is 6.67. The number of fused-ring (bicyclic) bond motifs is 2. The zero-order chi connectivity index (χ0) is 17.2. The Morgan fingerprint density at radius 3 is 2.60 bits per heavy atom. The van der Waals surface area contributed by atoms with Crippen molar-refractivity contribution >= 4 is 0 Å². The van der Waals surface area contributed by atoms with Gasteiger partial charge in [0.25, 0.3) is 0 Å². The fourth-order valence-corrected chi connectivity index (χ4v) is 6.24. The monoisotopic (exact) mass is 352 g/mol. The van der Waals surface area contributed by atoms with Crippen molar-refractivity contribution in [3.05, 3.63) is 0 Å². The van der Waals surface area contributed by atoms with Gasteiger partial charge in [-0.3, -0.25) is 4.90 Å². The van der Waals surface area contributed by atoms with E-state index in [2.05, 4.69) is 24.1 Å². The van der Waals surface area contributed by atoms with Crippen LogP contribution < -0.4 is 5.32 Å². The Morgan fingerprint density at radius 2 is 1.80 bits per heavy atom. The molecule has 6 rings (SSSR count). The molecular formula is C19H32N2O4. The van der Waals surface area contributed by atoms with Crippen LogP contribution in [0.15, 0.2) is 0 Å². The average molecular weight is 352 g/mol. The van der Waals surface area contributed by atoms with Gasteiger partial charge < -0.3 is 14.8 Å². The maximum Gasteiger partial charge on any atom is 0.201 e. The Balaban J connectivity index is 1.52. The van der Waals surface area contributed by atoms with E-state index in [1.54, 1.807) is 0 Å². The van der Waals surface area contributed by atoms with Crippen LogP contribution in [0.1, 0.15) is 46.5 Å². The summed E-state index contributed by atoms with van der Waals surface area (Å²) in [6.07, 6.45) is 4.21. The van der Waals surface area contributed by atoms with Crippen LogP contribution in [0.3, 0.4) is 0 Å². The zero-order valence-electron chi connectivity index (χ0n) is 15.7. The molecule has 0 aromatic rings. The quantitative estimate of drug-likeness (QED) is 0.730. The average Bonchev–Trinajstić information content (AvgIpc) is 2.85.